The summed E-state index contributed by atoms with van der Waals surface area (Å²) in [6.07, 6.45) is 0. The average molecular weight is 405 g/mol. The van der Waals surface area contributed by atoms with Gasteiger partial charge in [-0.3, -0.25) is 0 Å². The van der Waals surface area contributed by atoms with Crippen LogP contribution in [0.5, 0.6) is 5.75 Å². The summed E-state index contributed by atoms with van der Waals surface area (Å²) < 4.78 is 5.53. The van der Waals surface area contributed by atoms with Crippen molar-refractivity contribution in [1.29, 1.82) is 0 Å². The van der Waals surface area contributed by atoms with E-state index in [1.807, 2.05) is 71.9 Å². The summed E-state index contributed by atoms with van der Waals surface area (Å²) in [5.41, 5.74) is 1.64. The molecule has 0 aliphatic carbocycles. The Kier molecular flexibility index (Phi) is 6.27. The highest BCUT2D eigenvalue weighted by Crippen LogP contribution is 2.47. The van der Waals surface area contributed by atoms with Crippen molar-refractivity contribution in [2.75, 3.05) is 0 Å². The van der Waals surface area contributed by atoms with Gasteiger partial charge in [0, 0.05) is 20.9 Å². The Hall–Kier alpha value is -1.59. The summed E-state index contributed by atoms with van der Waals surface area (Å²) in [5.74, 6) is -0.352. The van der Waals surface area contributed by atoms with Crippen LogP contribution >= 0.6 is 25.3 Å². The quantitative estimate of drug-likeness (QED) is 0.439. The number of phenols is 1. The van der Waals surface area contributed by atoms with E-state index in [4.69, 9.17) is 4.74 Å². The first-order chi connectivity index (χ1) is 12.4. The zero-order valence-electron chi connectivity index (χ0n) is 16.8. The van der Waals surface area contributed by atoms with E-state index in [0.717, 1.165) is 5.56 Å². The molecule has 0 bridgehead atoms. The SMILES string of the molecule is CC(C)(C)c1c(O)c(C(C)(C)C)c(S)c(C(=O)OCc2ccccc2)c1S. The molecule has 0 saturated heterocycles. The molecule has 27 heavy (non-hydrogen) atoms. The van der Waals surface area contributed by atoms with Gasteiger partial charge < -0.3 is 9.84 Å². The zero-order valence-corrected chi connectivity index (χ0v) is 18.5. The Morgan fingerprint density at radius 1 is 0.926 bits per heavy atom. The van der Waals surface area contributed by atoms with Crippen LogP contribution in [-0.2, 0) is 22.2 Å². The lowest BCUT2D eigenvalue weighted by Crippen LogP contribution is -2.22. The molecule has 0 fully saturated rings. The van der Waals surface area contributed by atoms with Crippen molar-refractivity contribution in [3.05, 3.63) is 52.6 Å². The van der Waals surface area contributed by atoms with E-state index >= 15 is 0 Å². The molecule has 0 aliphatic rings. The van der Waals surface area contributed by atoms with Gasteiger partial charge in [-0.25, -0.2) is 4.79 Å². The summed E-state index contributed by atoms with van der Waals surface area (Å²) in [5, 5.41) is 11.0. The van der Waals surface area contributed by atoms with Gasteiger partial charge in [-0.2, -0.15) is 0 Å². The van der Waals surface area contributed by atoms with E-state index < -0.39 is 16.8 Å². The first-order valence-corrected chi connectivity index (χ1v) is 9.78. The largest absolute Gasteiger partial charge is 0.507 e. The normalized spacial score (nSPS) is 12.1. The van der Waals surface area contributed by atoms with E-state index in [2.05, 4.69) is 25.3 Å². The lowest BCUT2D eigenvalue weighted by Gasteiger charge is -2.31. The van der Waals surface area contributed by atoms with Gasteiger partial charge in [0.1, 0.15) is 12.4 Å². The van der Waals surface area contributed by atoms with E-state index in [1.54, 1.807) is 0 Å². The molecule has 0 radical (unpaired) electrons. The predicted molar refractivity (Wildman–Crippen MR) is 116 cm³/mol. The molecule has 0 saturated carbocycles. The topological polar surface area (TPSA) is 46.5 Å². The molecule has 0 atom stereocenters. The summed E-state index contributed by atoms with van der Waals surface area (Å²) in [6.45, 7) is 12.0. The Balaban J connectivity index is 2.59. The van der Waals surface area contributed by atoms with Crippen LogP contribution in [0.15, 0.2) is 40.1 Å². The second-order valence-electron chi connectivity index (χ2n) is 8.73. The minimum Gasteiger partial charge on any atom is -0.507 e. The fourth-order valence-corrected chi connectivity index (χ4v) is 4.50. The van der Waals surface area contributed by atoms with E-state index in [-0.39, 0.29) is 12.4 Å². The van der Waals surface area contributed by atoms with Crippen molar-refractivity contribution in [3.63, 3.8) is 0 Å². The third-order valence-corrected chi connectivity index (χ3v) is 5.23. The van der Waals surface area contributed by atoms with Gasteiger partial charge in [-0.1, -0.05) is 71.9 Å². The molecule has 146 valence electrons. The number of aromatic hydroxyl groups is 1. The van der Waals surface area contributed by atoms with E-state index in [0.29, 0.717) is 26.5 Å². The number of thiol groups is 2. The first kappa shape index (κ1) is 21.7. The van der Waals surface area contributed by atoms with Gasteiger partial charge in [0.25, 0.3) is 0 Å². The molecule has 0 spiro atoms. The number of benzene rings is 2. The smallest absolute Gasteiger partial charge is 0.340 e. The summed E-state index contributed by atoms with van der Waals surface area (Å²) in [6, 6.07) is 9.50. The van der Waals surface area contributed by atoms with Crippen LogP contribution in [0, 0.1) is 0 Å². The number of carbonyl (C=O) groups excluding carboxylic acids is 1. The van der Waals surface area contributed by atoms with Crippen LogP contribution in [0.25, 0.3) is 0 Å². The van der Waals surface area contributed by atoms with Gasteiger partial charge in [0.15, 0.2) is 0 Å². The molecule has 1 N–H and O–H groups in total. The highest BCUT2D eigenvalue weighted by Gasteiger charge is 2.34. The molecule has 0 aliphatic heterocycles. The lowest BCUT2D eigenvalue weighted by atomic mass is 9.78. The van der Waals surface area contributed by atoms with Crippen molar-refractivity contribution < 1.29 is 14.6 Å². The number of hydrogen-bond donors (Lipinski definition) is 3. The standard InChI is InChI=1S/C22H28O3S2/c1-21(2,3)15-17(23)16(22(4,5)6)19(27)14(18(15)26)20(24)25-12-13-10-8-7-9-11-13/h7-11,23,26-27H,12H2,1-6H3. The Bertz CT molecular complexity index is 804. The Morgan fingerprint density at radius 2 is 1.37 bits per heavy atom. The maximum atomic E-state index is 12.9. The zero-order chi connectivity index (χ0) is 20.6. The van der Waals surface area contributed by atoms with Crippen LogP contribution in [0.1, 0.15) is 68.6 Å². The predicted octanol–water partition coefficient (Wildman–Crippen LogP) is 5.92. The molecule has 2 aromatic rings. The van der Waals surface area contributed by atoms with Crippen LogP contribution in [0.4, 0.5) is 0 Å². The van der Waals surface area contributed by atoms with Crippen molar-refractivity contribution >= 4 is 31.2 Å². The average Bonchev–Trinajstić information content (AvgIpc) is 2.50. The number of phenolic OH excluding ortho intramolecular Hbond substituents is 1. The number of carbonyl (C=O) groups is 1. The van der Waals surface area contributed by atoms with E-state index in [9.17, 15) is 9.90 Å². The maximum Gasteiger partial charge on any atom is 0.340 e. The lowest BCUT2D eigenvalue weighted by molar-refractivity contribution is 0.0463. The summed E-state index contributed by atoms with van der Waals surface area (Å²) in [7, 11) is 0. The number of rotatable bonds is 3. The molecule has 2 rings (SSSR count). The number of esters is 1. The minimum atomic E-state index is -0.496. The molecule has 0 unspecified atom stereocenters. The minimum absolute atomic E-state index is 0.143. The van der Waals surface area contributed by atoms with Crippen molar-refractivity contribution in [1.82, 2.24) is 0 Å². The number of ether oxygens (including phenoxy) is 1. The molecule has 5 heteroatoms. The van der Waals surface area contributed by atoms with Crippen LogP contribution < -0.4 is 0 Å². The Morgan fingerprint density at radius 3 is 1.78 bits per heavy atom. The van der Waals surface area contributed by atoms with E-state index in [1.165, 1.54) is 0 Å². The van der Waals surface area contributed by atoms with Crippen LogP contribution in [0.3, 0.4) is 0 Å². The van der Waals surface area contributed by atoms with Gasteiger partial charge >= 0.3 is 5.97 Å². The molecular formula is C22H28O3S2. The third-order valence-electron chi connectivity index (χ3n) is 4.34. The molecule has 0 amide bonds. The molecule has 0 heterocycles. The second-order valence-corrected chi connectivity index (χ2v) is 9.63. The second kappa shape index (κ2) is 7.80. The fraction of sp³-hybridized carbons (Fsp3) is 0.409. The van der Waals surface area contributed by atoms with Gasteiger partial charge in [-0.05, 0) is 16.4 Å². The first-order valence-electron chi connectivity index (χ1n) is 8.88. The van der Waals surface area contributed by atoms with Crippen LogP contribution in [0.2, 0.25) is 0 Å². The maximum absolute atomic E-state index is 12.9. The van der Waals surface area contributed by atoms with Crippen LogP contribution in [-0.4, -0.2) is 11.1 Å². The van der Waals surface area contributed by atoms with Crippen molar-refractivity contribution in [2.45, 2.75) is 68.8 Å². The third kappa shape index (κ3) is 4.64. The fourth-order valence-electron chi connectivity index (χ4n) is 3.12. The molecular weight excluding hydrogens is 376 g/mol. The highest BCUT2D eigenvalue weighted by atomic mass is 32.1. The Labute approximate surface area is 173 Å². The molecule has 2 aromatic carbocycles. The van der Waals surface area contributed by atoms with Gasteiger partial charge in [-0.15, -0.1) is 25.3 Å². The van der Waals surface area contributed by atoms with Gasteiger partial charge in [0.05, 0.1) is 5.56 Å². The van der Waals surface area contributed by atoms with Crippen molar-refractivity contribution in [2.24, 2.45) is 0 Å². The van der Waals surface area contributed by atoms with Crippen molar-refractivity contribution in [3.8, 4) is 5.75 Å². The monoisotopic (exact) mass is 404 g/mol. The van der Waals surface area contributed by atoms with Gasteiger partial charge in [0.2, 0.25) is 0 Å². The summed E-state index contributed by atoms with van der Waals surface area (Å²) >= 11 is 9.19. The summed E-state index contributed by atoms with van der Waals surface area (Å²) in [4.78, 5) is 13.8. The molecule has 0 aromatic heterocycles. The highest BCUT2D eigenvalue weighted by molar-refractivity contribution is 7.81. The molecule has 3 nitrogen and oxygen atoms in total. The number of hydrogen-bond acceptors (Lipinski definition) is 5.